The lowest BCUT2D eigenvalue weighted by Gasteiger charge is -2.06. The first-order valence-electron chi connectivity index (χ1n) is 5.48. The van der Waals surface area contributed by atoms with E-state index in [4.69, 9.17) is 23.2 Å². The third-order valence-corrected chi connectivity index (χ3v) is 2.70. The summed E-state index contributed by atoms with van der Waals surface area (Å²) in [6.45, 7) is 1.29. The molecule has 0 atom stereocenters. The average molecular weight is 275 g/mol. The minimum absolute atomic E-state index is 0.0486. The van der Waals surface area contributed by atoms with E-state index in [9.17, 15) is 4.79 Å². The highest BCUT2D eigenvalue weighted by Crippen LogP contribution is 2.19. The van der Waals surface area contributed by atoms with Gasteiger partial charge >= 0.3 is 0 Å². The van der Waals surface area contributed by atoms with Crippen LogP contribution in [-0.2, 0) is 11.2 Å². The topological polar surface area (TPSA) is 41.1 Å². The molecule has 0 aliphatic rings. The van der Waals surface area contributed by atoms with Gasteiger partial charge in [-0.1, -0.05) is 23.2 Å². The van der Waals surface area contributed by atoms with Gasteiger partial charge in [0.1, 0.15) is 0 Å². The predicted molar refractivity (Wildman–Crippen MR) is 71.7 cm³/mol. The van der Waals surface area contributed by atoms with E-state index >= 15 is 0 Å². The van der Waals surface area contributed by atoms with Gasteiger partial charge in [-0.15, -0.1) is 0 Å². The molecule has 3 nitrogen and oxygen atoms in total. The molecule has 94 valence electrons. The number of carbonyl (C=O) groups excluding carboxylic acids is 1. The number of nitrogens with one attached hydrogen (secondary N) is 2. The zero-order valence-corrected chi connectivity index (χ0v) is 11.2. The van der Waals surface area contributed by atoms with Crippen LogP contribution in [-0.4, -0.2) is 26.0 Å². The van der Waals surface area contributed by atoms with Gasteiger partial charge in [0.15, 0.2) is 0 Å². The van der Waals surface area contributed by atoms with Crippen molar-refractivity contribution in [3.05, 3.63) is 33.8 Å². The smallest absolute Gasteiger partial charge is 0.221 e. The van der Waals surface area contributed by atoms with Crippen molar-refractivity contribution in [2.24, 2.45) is 0 Å². The van der Waals surface area contributed by atoms with Crippen molar-refractivity contribution in [2.75, 3.05) is 20.1 Å². The predicted octanol–water partition coefficient (Wildman–Crippen LogP) is 2.26. The number of benzene rings is 1. The van der Waals surface area contributed by atoms with Crippen LogP contribution >= 0.6 is 23.2 Å². The standard InChI is InChI=1S/C12H16Cl2N2O/c1-15-4-3-12(17)16-5-2-9-6-10(13)8-11(14)7-9/h6-8,15H,2-5H2,1H3,(H,16,17). The Morgan fingerprint density at radius 2 is 1.82 bits per heavy atom. The van der Waals surface area contributed by atoms with Gasteiger partial charge in [-0.25, -0.2) is 0 Å². The van der Waals surface area contributed by atoms with Crippen LogP contribution in [0.2, 0.25) is 10.0 Å². The van der Waals surface area contributed by atoms with Crippen molar-refractivity contribution in [3.8, 4) is 0 Å². The molecule has 0 heterocycles. The van der Waals surface area contributed by atoms with E-state index in [2.05, 4.69) is 10.6 Å². The molecule has 0 aromatic heterocycles. The van der Waals surface area contributed by atoms with Crippen molar-refractivity contribution in [1.29, 1.82) is 0 Å². The summed E-state index contributed by atoms with van der Waals surface area (Å²) in [7, 11) is 1.82. The lowest BCUT2D eigenvalue weighted by atomic mass is 10.1. The summed E-state index contributed by atoms with van der Waals surface area (Å²) < 4.78 is 0. The molecule has 1 aromatic carbocycles. The van der Waals surface area contributed by atoms with Crippen molar-refractivity contribution in [1.82, 2.24) is 10.6 Å². The van der Waals surface area contributed by atoms with Crippen molar-refractivity contribution in [3.63, 3.8) is 0 Å². The first kappa shape index (κ1) is 14.3. The number of hydrogen-bond donors (Lipinski definition) is 2. The van der Waals surface area contributed by atoms with Crippen LogP contribution in [0.4, 0.5) is 0 Å². The van der Waals surface area contributed by atoms with Gasteiger partial charge in [0.2, 0.25) is 5.91 Å². The van der Waals surface area contributed by atoms with E-state index < -0.39 is 0 Å². The monoisotopic (exact) mass is 274 g/mol. The Hall–Kier alpha value is -0.770. The molecule has 1 rings (SSSR count). The molecule has 2 N–H and O–H groups in total. The Balaban J connectivity index is 2.33. The second-order valence-corrected chi connectivity index (χ2v) is 4.60. The first-order chi connectivity index (χ1) is 8.11. The molecule has 0 unspecified atom stereocenters. The zero-order chi connectivity index (χ0) is 12.7. The summed E-state index contributed by atoms with van der Waals surface area (Å²) in [6, 6.07) is 5.40. The minimum atomic E-state index is 0.0486. The Morgan fingerprint density at radius 1 is 1.18 bits per heavy atom. The van der Waals surface area contributed by atoms with E-state index in [-0.39, 0.29) is 5.91 Å². The molecule has 1 amide bonds. The summed E-state index contributed by atoms with van der Waals surface area (Å²) in [6.07, 6.45) is 1.22. The summed E-state index contributed by atoms with van der Waals surface area (Å²) in [4.78, 5) is 11.3. The lowest BCUT2D eigenvalue weighted by molar-refractivity contribution is -0.120. The van der Waals surface area contributed by atoms with Crippen LogP contribution < -0.4 is 10.6 Å². The molecule has 1 aromatic rings. The summed E-state index contributed by atoms with van der Waals surface area (Å²) >= 11 is 11.8. The van der Waals surface area contributed by atoms with E-state index in [1.807, 2.05) is 19.2 Å². The number of rotatable bonds is 6. The molecule has 0 radical (unpaired) electrons. The van der Waals surface area contributed by atoms with E-state index in [0.717, 1.165) is 12.0 Å². The molecular weight excluding hydrogens is 259 g/mol. The molecule has 17 heavy (non-hydrogen) atoms. The fraction of sp³-hybridized carbons (Fsp3) is 0.417. The highest BCUT2D eigenvalue weighted by molar-refractivity contribution is 6.34. The van der Waals surface area contributed by atoms with Crippen molar-refractivity contribution >= 4 is 29.1 Å². The van der Waals surface area contributed by atoms with Crippen LogP contribution in [0.5, 0.6) is 0 Å². The number of halogens is 2. The van der Waals surface area contributed by atoms with Crippen LogP contribution in [0.3, 0.4) is 0 Å². The maximum atomic E-state index is 11.3. The Labute approximate surface area is 111 Å². The highest BCUT2D eigenvalue weighted by Gasteiger charge is 2.01. The first-order valence-corrected chi connectivity index (χ1v) is 6.23. The number of hydrogen-bond acceptors (Lipinski definition) is 2. The average Bonchev–Trinajstić information content (AvgIpc) is 2.25. The molecule has 0 saturated heterocycles. The largest absolute Gasteiger partial charge is 0.356 e. The van der Waals surface area contributed by atoms with E-state index in [1.165, 1.54) is 0 Å². The quantitative estimate of drug-likeness (QED) is 0.836. The summed E-state index contributed by atoms with van der Waals surface area (Å²) in [5.41, 5.74) is 1.02. The summed E-state index contributed by atoms with van der Waals surface area (Å²) in [5, 5.41) is 7.00. The molecular formula is C12H16Cl2N2O. The van der Waals surface area contributed by atoms with Gasteiger partial charge in [0.05, 0.1) is 0 Å². The van der Waals surface area contributed by atoms with Gasteiger partial charge in [0, 0.05) is 29.6 Å². The molecule has 0 fully saturated rings. The van der Waals surface area contributed by atoms with Crippen molar-refractivity contribution in [2.45, 2.75) is 12.8 Å². The van der Waals surface area contributed by atoms with Crippen LogP contribution in [0.15, 0.2) is 18.2 Å². The second-order valence-electron chi connectivity index (χ2n) is 3.73. The number of amides is 1. The Bertz CT molecular complexity index is 363. The van der Waals surface area contributed by atoms with Gasteiger partial charge in [-0.3, -0.25) is 4.79 Å². The Kier molecular flexibility index (Phi) is 6.34. The van der Waals surface area contributed by atoms with Gasteiger partial charge in [0.25, 0.3) is 0 Å². The molecule has 0 spiro atoms. The minimum Gasteiger partial charge on any atom is -0.356 e. The van der Waals surface area contributed by atoms with Crippen LogP contribution in [0.25, 0.3) is 0 Å². The van der Waals surface area contributed by atoms with E-state index in [0.29, 0.717) is 29.6 Å². The van der Waals surface area contributed by atoms with Crippen LogP contribution in [0.1, 0.15) is 12.0 Å². The second kappa shape index (κ2) is 7.54. The third kappa shape index (κ3) is 5.91. The fourth-order valence-electron chi connectivity index (χ4n) is 1.43. The van der Waals surface area contributed by atoms with Crippen LogP contribution in [0, 0.1) is 0 Å². The molecule has 0 aliphatic heterocycles. The summed E-state index contributed by atoms with van der Waals surface area (Å²) in [5.74, 6) is 0.0486. The van der Waals surface area contributed by atoms with Gasteiger partial charge < -0.3 is 10.6 Å². The maximum Gasteiger partial charge on any atom is 0.221 e. The van der Waals surface area contributed by atoms with E-state index in [1.54, 1.807) is 6.07 Å². The fourth-order valence-corrected chi connectivity index (χ4v) is 2.00. The maximum absolute atomic E-state index is 11.3. The normalized spacial score (nSPS) is 10.3. The SMILES string of the molecule is CNCCC(=O)NCCc1cc(Cl)cc(Cl)c1. The molecule has 5 heteroatoms. The molecule has 0 bridgehead atoms. The molecule has 0 aliphatic carbocycles. The van der Waals surface area contributed by atoms with Crippen molar-refractivity contribution < 1.29 is 4.79 Å². The third-order valence-electron chi connectivity index (χ3n) is 2.26. The highest BCUT2D eigenvalue weighted by atomic mass is 35.5. The van der Waals surface area contributed by atoms with Gasteiger partial charge in [-0.05, 0) is 37.2 Å². The molecule has 0 saturated carbocycles. The lowest BCUT2D eigenvalue weighted by Crippen LogP contribution is -2.28. The van der Waals surface area contributed by atoms with Gasteiger partial charge in [-0.2, -0.15) is 0 Å². The Morgan fingerprint density at radius 3 is 2.41 bits per heavy atom. The number of carbonyl (C=O) groups is 1. The zero-order valence-electron chi connectivity index (χ0n) is 9.72.